The van der Waals surface area contributed by atoms with Crippen molar-refractivity contribution in [1.82, 2.24) is 9.80 Å². The summed E-state index contributed by atoms with van der Waals surface area (Å²) >= 11 is 0. The average Bonchev–Trinajstić information content (AvgIpc) is 3.61. The summed E-state index contributed by atoms with van der Waals surface area (Å²) in [5, 5.41) is 12.0. The number of hydrogen-bond acceptors (Lipinski definition) is 7. The zero-order chi connectivity index (χ0) is 31.8. The Bertz CT molecular complexity index is 1070. The van der Waals surface area contributed by atoms with Crippen LogP contribution < -0.4 is 0 Å². The smallest absolute Gasteiger partial charge is 0.170 e. The maximum Gasteiger partial charge on any atom is 0.170 e. The summed E-state index contributed by atoms with van der Waals surface area (Å²) in [6.45, 7) is 21.6. The number of likely N-dealkylation sites (tertiary alicyclic amines) is 1. The van der Waals surface area contributed by atoms with E-state index in [2.05, 4.69) is 44.4 Å². The Morgan fingerprint density at radius 3 is 2.38 bits per heavy atom. The topological polar surface area (TPSA) is 63.6 Å². The fraction of sp³-hybridized carbons (Fsp3) is 1.00. The monoisotopic (exact) mass is 630 g/mol. The molecule has 0 bridgehead atoms. The van der Waals surface area contributed by atoms with Crippen molar-refractivity contribution in [2.75, 3.05) is 73.3 Å². The van der Waals surface area contributed by atoms with Crippen LogP contribution in [0.2, 0.25) is 0 Å². The molecular formula is C38H66N2O5. The van der Waals surface area contributed by atoms with E-state index in [0.717, 1.165) is 71.2 Å². The van der Waals surface area contributed by atoms with Gasteiger partial charge in [-0.1, -0.05) is 34.6 Å². The molecular weight excluding hydrogens is 564 g/mol. The summed E-state index contributed by atoms with van der Waals surface area (Å²) in [5.41, 5.74) is 1.25. The van der Waals surface area contributed by atoms with Crippen molar-refractivity contribution < 1.29 is 24.1 Å². The Kier molecular flexibility index (Phi) is 8.82. The standard InChI is InChI=1S/C38H66N2O5/c1-26(11-17-42-6)28-20-31(41)36(5)30-9-8-29-34(2,3)32(10-12-37(29)25-38(30,37)14-13-35(28,36)4)45-33-24-40(16-19-44-33)23-27-21-39(22-27)15-18-43-7/h26-33,41H,8-25H2,1-7H3/t26-,28-,29+,30-,31+,32+,33+,35-,36-,37-,38+/m1/s1. The number of ether oxygens (including phenoxy) is 4. The van der Waals surface area contributed by atoms with Crippen molar-refractivity contribution in [1.29, 1.82) is 0 Å². The molecule has 258 valence electrons. The lowest BCUT2D eigenvalue weighted by Crippen LogP contribution is -2.60. The van der Waals surface area contributed by atoms with Gasteiger partial charge >= 0.3 is 0 Å². The van der Waals surface area contributed by atoms with Gasteiger partial charge in [0, 0.05) is 65.5 Å². The van der Waals surface area contributed by atoms with Crippen LogP contribution in [0.5, 0.6) is 0 Å². The lowest BCUT2D eigenvalue weighted by Gasteiger charge is -2.64. The number of hydrogen-bond donors (Lipinski definition) is 1. The van der Waals surface area contributed by atoms with Crippen LogP contribution in [-0.2, 0) is 18.9 Å². The SMILES string of the molecule is COCC[C@@H](C)[C@H]1C[C@H](O)[C@@]2(C)[C@H]3CC[C@H]4C(C)(C)[C@@H](O[C@H]5CN(CC6CN(CCOC)C6)CCO5)CC[C@@]45C[C@@]35CC[C@]12C. The molecule has 1 N–H and O–H groups in total. The van der Waals surface area contributed by atoms with E-state index < -0.39 is 0 Å². The minimum atomic E-state index is -0.179. The molecule has 7 nitrogen and oxygen atoms in total. The molecule has 0 aromatic rings. The van der Waals surface area contributed by atoms with Crippen LogP contribution in [0.4, 0.5) is 0 Å². The zero-order valence-corrected chi connectivity index (χ0v) is 29.8. The van der Waals surface area contributed by atoms with Gasteiger partial charge in [0.1, 0.15) is 0 Å². The van der Waals surface area contributed by atoms with Gasteiger partial charge in [-0.05, 0) is 109 Å². The number of nitrogens with zero attached hydrogens (tertiary/aromatic N) is 2. The van der Waals surface area contributed by atoms with Crippen molar-refractivity contribution in [3.05, 3.63) is 0 Å². The Labute approximate surface area is 274 Å². The highest BCUT2D eigenvalue weighted by Gasteiger charge is 2.83. The Morgan fingerprint density at radius 1 is 0.889 bits per heavy atom. The maximum atomic E-state index is 12.0. The van der Waals surface area contributed by atoms with Crippen LogP contribution in [0, 0.1) is 56.7 Å². The summed E-state index contributed by atoms with van der Waals surface area (Å²) < 4.78 is 24.0. The van der Waals surface area contributed by atoms with Gasteiger partial charge in [-0.25, -0.2) is 0 Å². The summed E-state index contributed by atoms with van der Waals surface area (Å²) in [4.78, 5) is 5.10. The molecule has 0 aromatic heterocycles. The minimum absolute atomic E-state index is 0.0177. The number of rotatable bonds is 11. The first-order valence-corrected chi connectivity index (χ1v) is 18.8. The van der Waals surface area contributed by atoms with Gasteiger partial charge < -0.3 is 29.0 Å². The van der Waals surface area contributed by atoms with Crippen LogP contribution in [0.1, 0.15) is 92.4 Å². The van der Waals surface area contributed by atoms with E-state index in [4.69, 9.17) is 18.9 Å². The number of aliphatic hydroxyl groups is 1. The highest BCUT2D eigenvalue weighted by molar-refractivity contribution is 5.31. The molecule has 0 amide bonds. The molecule has 2 heterocycles. The van der Waals surface area contributed by atoms with Crippen LogP contribution >= 0.6 is 0 Å². The molecule has 7 rings (SSSR count). The number of fused-ring (bicyclic) bond motifs is 2. The fourth-order valence-corrected chi connectivity index (χ4v) is 13.7. The lowest BCUT2D eigenvalue weighted by molar-refractivity contribution is -0.249. The van der Waals surface area contributed by atoms with E-state index in [1.807, 2.05) is 7.11 Å². The second kappa shape index (κ2) is 11.9. The third-order valence-corrected chi connectivity index (χ3v) is 16.2. The van der Waals surface area contributed by atoms with E-state index in [-0.39, 0.29) is 34.7 Å². The van der Waals surface area contributed by atoms with Gasteiger partial charge in [0.15, 0.2) is 6.29 Å². The molecule has 11 atom stereocenters. The number of aliphatic hydroxyl groups excluding tert-OH is 1. The average molecular weight is 631 g/mol. The molecule has 0 unspecified atom stereocenters. The largest absolute Gasteiger partial charge is 0.393 e. The third-order valence-electron chi connectivity index (χ3n) is 16.2. The summed E-state index contributed by atoms with van der Waals surface area (Å²) in [5.74, 6) is 3.30. The predicted octanol–water partition coefficient (Wildman–Crippen LogP) is 5.69. The lowest BCUT2D eigenvalue weighted by atomic mass is 9.41. The molecule has 5 aliphatic carbocycles. The summed E-state index contributed by atoms with van der Waals surface area (Å²) in [6, 6.07) is 0. The van der Waals surface area contributed by atoms with E-state index in [0.29, 0.717) is 34.5 Å². The molecule has 2 spiro atoms. The normalized spacial score (nSPS) is 48.5. The van der Waals surface area contributed by atoms with E-state index in [1.165, 1.54) is 51.6 Å². The molecule has 45 heavy (non-hydrogen) atoms. The van der Waals surface area contributed by atoms with E-state index >= 15 is 0 Å². The van der Waals surface area contributed by atoms with Crippen LogP contribution in [0.3, 0.4) is 0 Å². The minimum Gasteiger partial charge on any atom is -0.393 e. The Morgan fingerprint density at radius 2 is 1.62 bits per heavy atom. The highest BCUT2D eigenvalue weighted by atomic mass is 16.7. The summed E-state index contributed by atoms with van der Waals surface area (Å²) in [7, 11) is 3.61. The second-order valence-corrected chi connectivity index (χ2v) is 18.2. The first kappa shape index (κ1) is 33.2. The maximum absolute atomic E-state index is 12.0. The Hall–Kier alpha value is -0.280. The number of methoxy groups -OCH3 is 2. The first-order chi connectivity index (χ1) is 21.4. The quantitative estimate of drug-likeness (QED) is 0.315. The first-order valence-electron chi connectivity index (χ1n) is 18.8. The highest BCUT2D eigenvalue weighted by Crippen LogP contribution is 2.89. The Balaban J connectivity index is 1.00. The van der Waals surface area contributed by atoms with Crippen molar-refractivity contribution in [2.45, 2.75) is 111 Å². The molecule has 7 heteroatoms. The number of morpholine rings is 1. The van der Waals surface area contributed by atoms with Crippen LogP contribution in [-0.4, -0.2) is 107 Å². The van der Waals surface area contributed by atoms with E-state index in [9.17, 15) is 5.11 Å². The molecule has 2 aliphatic heterocycles. The van der Waals surface area contributed by atoms with Gasteiger partial charge in [0.2, 0.25) is 0 Å². The van der Waals surface area contributed by atoms with Crippen molar-refractivity contribution >= 4 is 0 Å². The third kappa shape index (κ3) is 4.97. The molecule has 7 fully saturated rings. The van der Waals surface area contributed by atoms with Crippen molar-refractivity contribution in [3.63, 3.8) is 0 Å². The molecule has 5 saturated carbocycles. The van der Waals surface area contributed by atoms with Gasteiger partial charge in [0.05, 0.1) is 25.4 Å². The van der Waals surface area contributed by atoms with Crippen LogP contribution in [0.25, 0.3) is 0 Å². The van der Waals surface area contributed by atoms with Gasteiger partial charge in [-0.2, -0.15) is 0 Å². The fourth-order valence-electron chi connectivity index (χ4n) is 13.7. The molecule has 2 saturated heterocycles. The predicted molar refractivity (Wildman–Crippen MR) is 177 cm³/mol. The van der Waals surface area contributed by atoms with E-state index in [1.54, 1.807) is 7.11 Å². The van der Waals surface area contributed by atoms with Crippen molar-refractivity contribution in [2.24, 2.45) is 56.7 Å². The molecule has 0 radical (unpaired) electrons. The second-order valence-electron chi connectivity index (χ2n) is 18.2. The molecule has 7 aliphatic rings. The molecule has 0 aromatic carbocycles. The summed E-state index contributed by atoms with van der Waals surface area (Å²) in [6.07, 6.45) is 11.1. The van der Waals surface area contributed by atoms with Crippen LogP contribution in [0.15, 0.2) is 0 Å². The zero-order valence-electron chi connectivity index (χ0n) is 29.8. The van der Waals surface area contributed by atoms with Gasteiger partial charge in [0.25, 0.3) is 0 Å². The van der Waals surface area contributed by atoms with Gasteiger partial charge in [-0.3, -0.25) is 4.90 Å². The van der Waals surface area contributed by atoms with Gasteiger partial charge in [-0.15, -0.1) is 0 Å². The van der Waals surface area contributed by atoms with Crippen molar-refractivity contribution in [3.8, 4) is 0 Å².